The molecule has 1 amide bonds. The number of hydrogen-bond donors (Lipinski definition) is 4. The van der Waals surface area contributed by atoms with Gasteiger partial charge < -0.3 is 16.0 Å². The van der Waals surface area contributed by atoms with E-state index in [2.05, 4.69) is 25.7 Å². The van der Waals surface area contributed by atoms with Crippen molar-refractivity contribution in [3.05, 3.63) is 0 Å². The standard InChI is InChI=1S/C12H27N5O3S/c1-12(2,3)17-10(18)9-15-11(13-4)14-7-6-8-16-21(5,19)20/h16H,6-9H2,1-5H3,(H,17,18)(H2,13,14,15). The summed E-state index contributed by atoms with van der Waals surface area (Å²) >= 11 is 0. The normalized spacial score (nSPS) is 12.9. The highest BCUT2D eigenvalue weighted by atomic mass is 32.2. The zero-order valence-electron chi connectivity index (χ0n) is 13.4. The first kappa shape index (κ1) is 19.7. The lowest BCUT2D eigenvalue weighted by molar-refractivity contribution is -0.121. The van der Waals surface area contributed by atoms with Gasteiger partial charge in [-0.25, -0.2) is 13.1 Å². The van der Waals surface area contributed by atoms with E-state index in [1.54, 1.807) is 7.05 Å². The van der Waals surface area contributed by atoms with Crippen LogP contribution in [0.25, 0.3) is 0 Å². The Bertz CT molecular complexity index is 454. The van der Waals surface area contributed by atoms with E-state index in [9.17, 15) is 13.2 Å². The second-order valence-electron chi connectivity index (χ2n) is 5.67. The van der Waals surface area contributed by atoms with Crippen molar-refractivity contribution in [1.29, 1.82) is 0 Å². The van der Waals surface area contributed by atoms with Crippen molar-refractivity contribution in [1.82, 2.24) is 20.7 Å². The van der Waals surface area contributed by atoms with E-state index in [-0.39, 0.29) is 18.0 Å². The Kier molecular flexibility index (Phi) is 8.26. The minimum absolute atomic E-state index is 0.121. The van der Waals surface area contributed by atoms with Crippen molar-refractivity contribution in [3.8, 4) is 0 Å². The highest BCUT2D eigenvalue weighted by Crippen LogP contribution is 1.96. The van der Waals surface area contributed by atoms with E-state index in [1.807, 2.05) is 20.8 Å². The molecule has 0 aliphatic carbocycles. The van der Waals surface area contributed by atoms with Gasteiger partial charge in [-0.05, 0) is 27.2 Å². The predicted molar refractivity (Wildman–Crippen MR) is 84.7 cm³/mol. The number of carbonyl (C=O) groups is 1. The highest BCUT2D eigenvalue weighted by molar-refractivity contribution is 7.88. The van der Waals surface area contributed by atoms with Gasteiger partial charge in [-0.1, -0.05) is 0 Å². The fourth-order valence-corrected chi connectivity index (χ4v) is 1.91. The number of guanidine groups is 1. The van der Waals surface area contributed by atoms with Gasteiger partial charge in [0, 0.05) is 25.7 Å². The van der Waals surface area contributed by atoms with Crippen LogP contribution in [0.5, 0.6) is 0 Å². The zero-order chi connectivity index (χ0) is 16.5. The molecule has 0 aliphatic heterocycles. The molecule has 0 saturated carbocycles. The summed E-state index contributed by atoms with van der Waals surface area (Å²) in [5.74, 6) is 0.377. The number of hydrogen-bond acceptors (Lipinski definition) is 4. The van der Waals surface area contributed by atoms with Gasteiger partial charge in [0.2, 0.25) is 15.9 Å². The number of amides is 1. The number of aliphatic imine (C=N–C) groups is 1. The summed E-state index contributed by atoms with van der Waals surface area (Å²) < 4.78 is 24.1. The van der Waals surface area contributed by atoms with Gasteiger partial charge in [0.15, 0.2) is 5.96 Å². The van der Waals surface area contributed by atoms with Crippen LogP contribution in [0.3, 0.4) is 0 Å². The first-order chi connectivity index (χ1) is 9.53. The average molecular weight is 321 g/mol. The molecule has 8 nitrogen and oxygen atoms in total. The maximum Gasteiger partial charge on any atom is 0.239 e. The van der Waals surface area contributed by atoms with Gasteiger partial charge in [0.05, 0.1) is 12.8 Å². The molecule has 124 valence electrons. The van der Waals surface area contributed by atoms with Gasteiger partial charge in [-0.3, -0.25) is 9.79 Å². The van der Waals surface area contributed by atoms with E-state index < -0.39 is 10.0 Å². The molecule has 0 atom stereocenters. The topological polar surface area (TPSA) is 112 Å². The molecule has 21 heavy (non-hydrogen) atoms. The first-order valence-corrected chi connectivity index (χ1v) is 8.63. The third-order valence-corrected chi connectivity index (χ3v) is 2.89. The van der Waals surface area contributed by atoms with Crippen molar-refractivity contribution in [2.75, 3.05) is 32.9 Å². The molecule has 0 aromatic rings. The lowest BCUT2D eigenvalue weighted by Gasteiger charge is -2.21. The molecular weight excluding hydrogens is 294 g/mol. The Morgan fingerprint density at radius 1 is 1.14 bits per heavy atom. The Labute approximate surface area is 127 Å². The van der Waals surface area contributed by atoms with Gasteiger partial charge in [-0.2, -0.15) is 0 Å². The van der Waals surface area contributed by atoms with Crippen molar-refractivity contribution in [2.24, 2.45) is 4.99 Å². The molecule has 0 aliphatic rings. The van der Waals surface area contributed by atoms with Gasteiger partial charge in [0.25, 0.3) is 0 Å². The number of rotatable bonds is 7. The summed E-state index contributed by atoms with van der Waals surface area (Å²) in [7, 11) is -1.54. The van der Waals surface area contributed by atoms with E-state index >= 15 is 0 Å². The molecular formula is C12H27N5O3S. The van der Waals surface area contributed by atoms with Crippen molar-refractivity contribution < 1.29 is 13.2 Å². The van der Waals surface area contributed by atoms with Crippen LogP contribution >= 0.6 is 0 Å². The molecule has 0 radical (unpaired) electrons. The first-order valence-electron chi connectivity index (χ1n) is 6.73. The fraction of sp³-hybridized carbons (Fsp3) is 0.833. The molecule has 9 heteroatoms. The van der Waals surface area contributed by atoms with Crippen LogP contribution in [-0.2, 0) is 14.8 Å². The summed E-state index contributed by atoms with van der Waals surface area (Å²) in [6, 6.07) is 0. The minimum atomic E-state index is -3.15. The van der Waals surface area contributed by atoms with Crippen molar-refractivity contribution in [2.45, 2.75) is 32.7 Å². The van der Waals surface area contributed by atoms with Crippen LogP contribution in [0.15, 0.2) is 4.99 Å². The molecule has 4 N–H and O–H groups in total. The summed E-state index contributed by atoms with van der Waals surface area (Å²) in [4.78, 5) is 15.6. The largest absolute Gasteiger partial charge is 0.356 e. The second-order valence-corrected chi connectivity index (χ2v) is 7.50. The molecule has 0 unspecified atom stereocenters. The van der Waals surface area contributed by atoms with Crippen LogP contribution in [0, 0.1) is 0 Å². The second kappa shape index (κ2) is 8.83. The molecule has 0 heterocycles. The molecule has 0 aromatic heterocycles. The third-order valence-electron chi connectivity index (χ3n) is 2.16. The van der Waals surface area contributed by atoms with Crippen molar-refractivity contribution in [3.63, 3.8) is 0 Å². The minimum Gasteiger partial charge on any atom is -0.356 e. The average Bonchev–Trinajstić information content (AvgIpc) is 2.29. The van der Waals surface area contributed by atoms with Gasteiger partial charge in [-0.15, -0.1) is 0 Å². The maximum absolute atomic E-state index is 11.6. The maximum atomic E-state index is 11.6. The van der Waals surface area contributed by atoms with Crippen LogP contribution in [-0.4, -0.2) is 58.8 Å². The number of sulfonamides is 1. The number of nitrogens with zero attached hydrogens (tertiary/aromatic N) is 1. The molecule has 0 spiro atoms. The molecule has 0 aromatic carbocycles. The lowest BCUT2D eigenvalue weighted by Crippen LogP contribution is -2.48. The van der Waals surface area contributed by atoms with E-state index in [0.29, 0.717) is 25.5 Å². The van der Waals surface area contributed by atoms with E-state index in [0.717, 1.165) is 6.26 Å². The fourth-order valence-electron chi connectivity index (χ4n) is 1.40. The third kappa shape index (κ3) is 13.4. The van der Waals surface area contributed by atoms with Crippen LogP contribution in [0.4, 0.5) is 0 Å². The Balaban J connectivity index is 3.90. The monoisotopic (exact) mass is 321 g/mol. The predicted octanol–water partition coefficient (Wildman–Crippen LogP) is -0.995. The summed E-state index contributed by atoms with van der Waals surface area (Å²) in [5, 5.41) is 8.72. The van der Waals surface area contributed by atoms with Crippen LogP contribution < -0.4 is 20.7 Å². The van der Waals surface area contributed by atoms with Crippen LogP contribution in [0.1, 0.15) is 27.2 Å². The number of carbonyl (C=O) groups excluding carboxylic acids is 1. The summed E-state index contributed by atoms with van der Waals surface area (Å²) in [6.45, 7) is 6.75. The Hall–Kier alpha value is -1.35. The van der Waals surface area contributed by atoms with Crippen LogP contribution in [0.2, 0.25) is 0 Å². The molecule has 0 rings (SSSR count). The summed E-state index contributed by atoms with van der Waals surface area (Å²) in [5.41, 5.74) is -0.271. The van der Waals surface area contributed by atoms with E-state index in [1.165, 1.54) is 0 Å². The molecule has 0 bridgehead atoms. The molecule has 0 fully saturated rings. The van der Waals surface area contributed by atoms with Gasteiger partial charge >= 0.3 is 0 Å². The summed E-state index contributed by atoms with van der Waals surface area (Å²) in [6.07, 6.45) is 1.73. The van der Waals surface area contributed by atoms with Gasteiger partial charge in [0.1, 0.15) is 0 Å². The zero-order valence-corrected chi connectivity index (χ0v) is 14.2. The SMILES string of the molecule is CN=C(NCCCNS(C)(=O)=O)NCC(=O)NC(C)(C)C. The Morgan fingerprint density at radius 2 is 1.76 bits per heavy atom. The molecule has 0 saturated heterocycles. The van der Waals surface area contributed by atoms with Crippen molar-refractivity contribution >= 4 is 21.9 Å². The quantitative estimate of drug-likeness (QED) is 0.273. The highest BCUT2D eigenvalue weighted by Gasteiger charge is 2.13. The Morgan fingerprint density at radius 3 is 2.24 bits per heavy atom. The number of nitrogens with one attached hydrogen (secondary N) is 4. The lowest BCUT2D eigenvalue weighted by atomic mass is 10.1. The smallest absolute Gasteiger partial charge is 0.239 e. The van der Waals surface area contributed by atoms with E-state index in [4.69, 9.17) is 0 Å².